The number of carbonyl (C=O) groups is 2. The van der Waals surface area contributed by atoms with Crippen LogP contribution in [-0.2, 0) is 9.59 Å². The van der Waals surface area contributed by atoms with Crippen molar-refractivity contribution in [1.29, 1.82) is 0 Å². The Morgan fingerprint density at radius 1 is 1.24 bits per heavy atom. The van der Waals surface area contributed by atoms with Gasteiger partial charge >= 0.3 is 5.97 Å². The first kappa shape index (κ1) is 14.0. The zero-order valence-electron chi connectivity index (χ0n) is 10.8. The fraction of sp³-hybridized carbons (Fsp3) is 0.833. The molecule has 1 rings (SSSR count). The summed E-state index contributed by atoms with van der Waals surface area (Å²) in [5.74, 6) is -2.18. The maximum atomic E-state index is 11.9. The molecule has 0 saturated carbocycles. The third-order valence-electron chi connectivity index (χ3n) is 3.62. The second-order valence-corrected chi connectivity index (χ2v) is 5.00. The van der Waals surface area contributed by atoms with Crippen LogP contribution in [-0.4, -0.2) is 48.1 Å². The van der Waals surface area contributed by atoms with Gasteiger partial charge in [-0.05, 0) is 33.0 Å². The lowest BCUT2D eigenvalue weighted by atomic mass is 9.94. The maximum absolute atomic E-state index is 11.9. The number of rotatable bonds is 4. The molecule has 0 bridgehead atoms. The maximum Gasteiger partial charge on any atom is 0.307 e. The van der Waals surface area contributed by atoms with Crippen molar-refractivity contribution in [3.05, 3.63) is 0 Å². The van der Waals surface area contributed by atoms with Crippen LogP contribution in [0, 0.1) is 11.8 Å². The minimum absolute atomic E-state index is 0.144. The summed E-state index contributed by atoms with van der Waals surface area (Å²) in [4.78, 5) is 24.9. The number of piperidine rings is 1. The quantitative estimate of drug-likeness (QED) is 0.755. The summed E-state index contributed by atoms with van der Waals surface area (Å²) in [6, 6.07) is 0.196. The van der Waals surface area contributed by atoms with Crippen molar-refractivity contribution in [2.24, 2.45) is 11.8 Å². The molecule has 1 saturated heterocycles. The van der Waals surface area contributed by atoms with Gasteiger partial charge in [0, 0.05) is 12.0 Å². The van der Waals surface area contributed by atoms with Crippen molar-refractivity contribution in [1.82, 2.24) is 10.2 Å². The van der Waals surface area contributed by atoms with E-state index in [-0.39, 0.29) is 11.9 Å². The molecule has 1 heterocycles. The van der Waals surface area contributed by atoms with E-state index in [0.29, 0.717) is 0 Å². The van der Waals surface area contributed by atoms with Crippen LogP contribution in [0.3, 0.4) is 0 Å². The van der Waals surface area contributed by atoms with Crippen molar-refractivity contribution < 1.29 is 14.7 Å². The molecular weight excluding hydrogens is 220 g/mol. The van der Waals surface area contributed by atoms with Crippen molar-refractivity contribution >= 4 is 11.9 Å². The Kier molecular flexibility index (Phi) is 4.93. The van der Waals surface area contributed by atoms with Gasteiger partial charge in [-0.3, -0.25) is 9.59 Å². The van der Waals surface area contributed by atoms with E-state index in [0.717, 1.165) is 25.9 Å². The van der Waals surface area contributed by atoms with Crippen LogP contribution in [0.5, 0.6) is 0 Å². The number of amides is 1. The number of nitrogens with zero attached hydrogens (tertiary/aromatic N) is 1. The lowest BCUT2D eigenvalue weighted by molar-refractivity contribution is -0.146. The fourth-order valence-corrected chi connectivity index (χ4v) is 1.93. The summed E-state index contributed by atoms with van der Waals surface area (Å²) >= 11 is 0. The predicted molar refractivity (Wildman–Crippen MR) is 64.6 cm³/mol. The molecule has 5 heteroatoms. The molecule has 0 aromatic rings. The molecule has 0 radical (unpaired) electrons. The average Bonchev–Trinajstić information content (AvgIpc) is 2.30. The van der Waals surface area contributed by atoms with E-state index in [1.54, 1.807) is 13.8 Å². The van der Waals surface area contributed by atoms with Gasteiger partial charge in [-0.2, -0.15) is 0 Å². The molecule has 1 fully saturated rings. The number of nitrogens with one attached hydrogen (secondary N) is 1. The van der Waals surface area contributed by atoms with Crippen LogP contribution in [0.4, 0.5) is 0 Å². The molecule has 17 heavy (non-hydrogen) atoms. The summed E-state index contributed by atoms with van der Waals surface area (Å²) in [6.45, 7) is 5.20. The fourth-order valence-electron chi connectivity index (χ4n) is 1.93. The van der Waals surface area contributed by atoms with E-state index >= 15 is 0 Å². The lowest BCUT2D eigenvalue weighted by Crippen LogP contribution is -2.46. The monoisotopic (exact) mass is 242 g/mol. The summed E-state index contributed by atoms with van der Waals surface area (Å²) < 4.78 is 0. The highest BCUT2D eigenvalue weighted by atomic mass is 16.4. The third kappa shape index (κ3) is 4.00. The third-order valence-corrected chi connectivity index (χ3v) is 3.62. The molecule has 0 aliphatic carbocycles. The zero-order valence-corrected chi connectivity index (χ0v) is 10.8. The summed E-state index contributed by atoms with van der Waals surface area (Å²) in [5.41, 5.74) is 0. The number of carboxylic acids is 1. The molecule has 2 N–H and O–H groups in total. The Morgan fingerprint density at radius 2 is 1.76 bits per heavy atom. The van der Waals surface area contributed by atoms with E-state index in [9.17, 15) is 9.59 Å². The van der Waals surface area contributed by atoms with Crippen LogP contribution in [0.2, 0.25) is 0 Å². The molecular formula is C12H22N2O3. The Balaban J connectivity index is 2.41. The number of hydrogen-bond donors (Lipinski definition) is 2. The van der Waals surface area contributed by atoms with Gasteiger partial charge < -0.3 is 15.3 Å². The van der Waals surface area contributed by atoms with Crippen molar-refractivity contribution in [3.63, 3.8) is 0 Å². The van der Waals surface area contributed by atoms with Crippen LogP contribution in [0.1, 0.15) is 26.7 Å². The van der Waals surface area contributed by atoms with Crippen LogP contribution in [0.15, 0.2) is 0 Å². The van der Waals surface area contributed by atoms with Crippen LogP contribution >= 0.6 is 0 Å². The molecule has 2 atom stereocenters. The lowest BCUT2D eigenvalue weighted by Gasteiger charge is -2.30. The first-order valence-corrected chi connectivity index (χ1v) is 6.13. The minimum atomic E-state index is -0.920. The second-order valence-electron chi connectivity index (χ2n) is 5.00. The Bertz CT molecular complexity index is 285. The Morgan fingerprint density at radius 3 is 2.24 bits per heavy atom. The molecule has 0 spiro atoms. The van der Waals surface area contributed by atoms with Gasteiger partial charge in [-0.15, -0.1) is 0 Å². The summed E-state index contributed by atoms with van der Waals surface area (Å²) in [5, 5.41) is 11.8. The van der Waals surface area contributed by atoms with Gasteiger partial charge in [-0.25, -0.2) is 0 Å². The largest absolute Gasteiger partial charge is 0.481 e. The van der Waals surface area contributed by atoms with Gasteiger partial charge in [0.1, 0.15) is 0 Å². The van der Waals surface area contributed by atoms with Crippen LogP contribution in [0.25, 0.3) is 0 Å². The average molecular weight is 242 g/mol. The highest BCUT2D eigenvalue weighted by Gasteiger charge is 2.28. The smallest absolute Gasteiger partial charge is 0.307 e. The first-order valence-electron chi connectivity index (χ1n) is 6.13. The molecule has 98 valence electrons. The van der Waals surface area contributed by atoms with E-state index in [2.05, 4.69) is 17.3 Å². The molecule has 5 nitrogen and oxygen atoms in total. The highest BCUT2D eigenvalue weighted by Crippen LogP contribution is 2.14. The van der Waals surface area contributed by atoms with Gasteiger partial charge in [0.2, 0.25) is 5.91 Å². The second kappa shape index (κ2) is 6.00. The molecule has 0 aromatic heterocycles. The van der Waals surface area contributed by atoms with Crippen LogP contribution < -0.4 is 5.32 Å². The number of likely N-dealkylation sites (tertiary alicyclic amines) is 1. The van der Waals surface area contributed by atoms with Crippen molar-refractivity contribution in [2.75, 3.05) is 20.1 Å². The van der Waals surface area contributed by atoms with Crippen molar-refractivity contribution in [2.45, 2.75) is 32.7 Å². The minimum Gasteiger partial charge on any atom is -0.481 e. The van der Waals surface area contributed by atoms with E-state index in [4.69, 9.17) is 5.11 Å². The standard InChI is InChI=1S/C12H22N2O3/c1-8(9(2)12(16)17)11(15)13-10-4-6-14(3)7-5-10/h8-10H,4-7H2,1-3H3,(H,13,15)(H,16,17). The summed E-state index contributed by atoms with van der Waals surface area (Å²) in [6.07, 6.45) is 1.88. The number of hydrogen-bond acceptors (Lipinski definition) is 3. The zero-order chi connectivity index (χ0) is 13.0. The Hall–Kier alpha value is -1.10. The number of aliphatic carboxylic acids is 1. The van der Waals surface area contributed by atoms with Crippen molar-refractivity contribution in [3.8, 4) is 0 Å². The molecule has 2 unspecified atom stereocenters. The van der Waals surface area contributed by atoms with Gasteiger partial charge in [-0.1, -0.05) is 13.8 Å². The number of carboxylic acid groups (broad SMARTS) is 1. The molecule has 0 aromatic carbocycles. The molecule has 1 amide bonds. The topological polar surface area (TPSA) is 69.6 Å². The highest BCUT2D eigenvalue weighted by molar-refractivity contribution is 5.84. The number of carbonyl (C=O) groups excluding carboxylic acids is 1. The SMILES string of the molecule is CC(C(=O)O)C(C)C(=O)NC1CCN(C)CC1. The first-order chi connectivity index (χ1) is 7.91. The van der Waals surface area contributed by atoms with E-state index in [1.165, 1.54) is 0 Å². The summed E-state index contributed by atoms with van der Waals surface area (Å²) in [7, 11) is 2.06. The molecule has 1 aliphatic rings. The van der Waals surface area contributed by atoms with E-state index < -0.39 is 17.8 Å². The van der Waals surface area contributed by atoms with Gasteiger partial charge in [0.05, 0.1) is 5.92 Å². The van der Waals surface area contributed by atoms with Gasteiger partial charge in [0.15, 0.2) is 0 Å². The Labute approximate surface area is 102 Å². The van der Waals surface area contributed by atoms with E-state index in [1.807, 2.05) is 0 Å². The van der Waals surface area contributed by atoms with Gasteiger partial charge in [0.25, 0.3) is 0 Å². The molecule has 1 aliphatic heterocycles. The predicted octanol–water partition coefficient (Wildman–Crippen LogP) is 0.554. The normalized spacial score (nSPS) is 21.8.